The molecule has 0 bridgehead atoms. The number of benzene rings is 1. The molecule has 0 saturated carbocycles. The van der Waals surface area contributed by atoms with E-state index in [1.807, 2.05) is 24.3 Å². The highest BCUT2D eigenvalue weighted by Gasteiger charge is 2.12. The van der Waals surface area contributed by atoms with Crippen LogP contribution in [0.25, 0.3) is 5.69 Å². The quantitative estimate of drug-likeness (QED) is 0.815. The smallest absolute Gasteiger partial charge is 0.378 e. The molecule has 1 aromatic heterocycles. The van der Waals surface area contributed by atoms with Crippen LogP contribution in [0.2, 0.25) is 0 Å². The summed E-state index contributed by atoms with van der Waals surface area (Å²) in [6.07, 6.45) is 1.48. The largest absolute Gasteiger partial charge is 0.460 e. The molecule has 0 radical (unpaired) electrons. The van der Waals surface area contributed by atoms with Crippen molar-refractivity contribution >= 4 is 21.9 Å². The van der Waals surface area contributed by atoms with Crippen molar-refractivity contribution in [2.45, 2.75) is 6.92 Å². The zero-order valence-corrected chi connectivity index (χ0v) is 10.7. The Bertz CT molecular complexity index is 539. The summed E-state index contributed by atoms with van der Waals surface area (Å²) in [5.74, 6) is -0.451. The van der Waals surface area contributed by atoms with Crippen molar-refractivity contribution in [3.8, 4) is 5.69 Å². The summed E-state index contributed by atoms with van der Waals surface area (Å²) in [5, 5.41) is 4.05. The van der Waals surface area contributed by atoms with E-state index in [0.29, 0.717) is 6.61 Å². The van der Waals surface area contributed by atoms with Crippen LogP contribution >= 0.6 is 15.9 Å². The van der Waals surface area contributed by atoms with Gasteiger partial charge in [-0.1, -0.05) is 22.0 Å². The molecule has 0 saturated heterocycles. The first kappa shape index (κ1) is 11.8. The van der Waals surface area contributed by atoms with Crippen molar-refractivity contribution in [2.75, 3.05) is 6.61 Å². The maximum atomic E-state index is 11.4. The van der Waals surface area contributed by atoms with Crippen LogP contribution in [0.5, 0.6) is 0 Å². The Balaban J connectivity index is 2.27. The van der Waals surface area contributed by atoms with Crippen LogP contribution in [-0.4, -0.2) is 27.3 Å². The predicted octanol–water partition coefficient (Wildman–Crippen LogP) is 2.21. The van der Waals surface area contributed by atoms with E-state index in [0.717, 1.165) is 10.2 Å². The van der Waals surface area contributed by atoms with Crippen LogP contribution < -0.4 is 0 Å². The maximum absolute atomic E-state index is 11.4. The van der Waals surface area contributed by atoms with Crippen LogP contribution in [0.4, 0.5) is 0 Å². The van der Waals surface area contributed by atoms with E-state index in [-0.39, 0.29) is 5.82 Å². The minimum Gasteiger partial charge on any atom is -0.460 e. The molecule has 0 amide bonds. The van der Waals surface area contributed by atoms with E-state index >= 15 is 0 Å². The lowest BCUT2D eigenvalue weighted by Crippen LogP contribution is -2.07. The number of esters is 1. The van der Waals surface area contributed by atoms with Gasteiger partial charge >= 0.3 is 5.97 Å². The molecule has 0 aliphatic rings. The first-order chi connectivity index (χ1) is 8.20. The number of carbonyl (C=O) groups is 1. The molecule has 6 heteroatoms. The molecule has 5 nitrogen and oxygen atoms in total. The summed E-state index contributed by atoms with van der Waals surface area (Å²) in [6.45, 7) is 2.05. The number of rotatable bonds is 3. The highest BCUT2D eigenvalue weighted by atomic mass is 79.9. The Morgan fingerprint density at radius 3 is 3.06 bits per heavy atom. The lowest BCUT2D eigenvalue weighted by molar-refractivity contribution is 0.0512. The fourth-order valence-corrected chi connectivity index (χ4v) is 1.68. The van der Waals surface area contributed by atoms with E-state index in [4.69, 9.17) is 4.74 Å². The van der Waals surface area contributed by atoms with Crippen LogP contribution in [0.15, 0.2) is 35.1 Å². The zero-order chi connectivity index (χ0) is 12.3. The molecule has 88 valence electrons. The van der Waals surface area contributed by atoms with Gasteiger partial charge < -0.3 is 4.74 Å². The van der Waals surface area contributed by atoms with Gasteiger partial charge in [0.1, 0.15) is 6.33 Å². The van der Waals surface area contributed by atoms with Gasteiger partial charge in [-0.25, -0.2) is 14.5 Å². The lowest BCUT2D eigenvalue weighted by Gasteiger charge is -2.00. The van der Waals surface area contributed by atoms with Crippen molar-refractivity contribution in [1.82, 2.24) is 14.8 Å². The van der Waals surface area contributed by atoms with Gasteiger partial charge in [0.2, 0.25) is 0 Å². The minimum absolute atomic E-state index is 0.0619. The van der Waals surface area contributed by atoms with E-state index in [1.54, 1.807) is 6.92 Å². The second-order valence-corrected chi connectivity index (χ2v) is 4.13. The van der Waals surface area contributed by atoms with Crippen LogP contribution in [-0.2, 0) is 4.74 Å². The van der Waals surface area contributed by atoms with Crippen molar-refractivity contribution in [3.63, 3.8) is 0 Å². The van der Waals surface area contributed by atoms with Crippen molar-refractivity contribution in [3.05, 3.63) is 40.9 Å². The minimum atomic E-state index is -0.513. The highest BCUT2D eigenvalue weighted by molar-refractivity contribution is 9.10. The van der Waals surface area contributed by atoms with E-state index < -0.39 is 5.97 Å². The molecular weight excluding hydrogens is 286 g/mol. The second-order valence-electron chi connectivity index (χ2n) is 3.21. The van der Waals surface area contributed by atoms with Crippen molar-refractivity contribution < 1.29 is 9.53 Å². The Hall–Kier alpha value is -1.69. The van der Waals surface area contributed by atoms with Gasteiger partial charge in [-0.3, -0.25) is 0 Å². The molecule has 0 atom stereocenters. The standard InChI is InChI=1S/C11H10BrN3O2/c1-2-17-11(16)10-13-7-15(14-10)9-5-3-4-8(12)6-9/h3-7H,2H2,1H3. The molecule has 2 rings (SSSR count). The third-order valence-electron chi connectivity index (χ3n) is 2.02. The molecule has 2 aromatic rings. The number of carbonyl (C=O) groups excluding carboxylic acids is 1. The molecule has 0 unspecified atom stereocenters. The van der Waals surface area contributed by atoms with Crippen LogP contribution in [0, 0.1) is 0 Å². The number of nitrogens with zero attached hydrogens (tertiary/aromatic N) is 3. The molecule has 0 N–H and O–H groups in total. The van der Waals surface area contributed by atoms with Crippen LogP contribution in [0.3, 0.4) is 0 Å². The van der Waals surface area contributed by atoms with E-state index in [2.05, 4.69) is 26.0 Å². The monoisotopic (exact) mass is 295 g/mol. The molecule has 0 fully saturated rings. The Labute approximate surface area is 107 Å². The van der Waals surface area contributed by atoms with Gasteiger partial charge in [0.15, 0.2) is 0 Å². The van der Waals surface area contributed by atoms with Gasteiger partial charge in [0, 0.05) is 4.47 Å². The van der Waals surface area contributed by atoms with Gasteiger partial charge in [-0.05, 0) is 25.1 Å². The molecule has 1 aromatic carbocycles. The van der Waals surface area contributed by atoms with Gasteiger partial charge in [0.25, 0.3) is 5.82 Å². The molecular formula is C11H10BrN3O2. The second kappa shape index (κ2) is 5.09. The Kier molecular flexibility index (Phi) is 3.53. The van der Waals surface area contributed by atoms with Gasteiger partial charge in [-0.2, -0.15) is 0 Å². The lowest BCUT2D eigenvalue weighted by atomic mass is 10.3. The predicted molar refractivity (Wildman–Crippen MR) is 65.0 cm³/mol. The zero-order valence-electron chi connectivity index (χ0n) is 9.13. The number of hydrogen-bond donors (Lipinski definition) is 0. The SMILES string of the molecule is CCOC(=O)c1ncn(-c2cccc(Br)c2)n1. The Morgan fingerprint density at radius 2 is 2.35 bits per heavy atom. The third-order valence-corrected chi connectivity index (χ3v) is 2.52. The molecule has 0 aliphatic carbocycles. The third kappa shape index (κ3) is 2.71. The first-order valence-corrected chi connectivity index (χ1v) is 5.84. The summed E-state index contributed by atoms with van der Waals surface area (Å²) < 4.78 is 7.27. The van der Waals surface area contributed by atoms with Crippen molar-refractivity contribution in [2.24, 2.45) is 0 Å². The fraction of sp³-hybridized carbons (Fsp3) is 0.182. The maximum Gasteiger partial charge on any atom is 0.378 e. The average Bonchev–Trinajstić information content (AvgIpc) is 2.78. The number of halogens is 1. The molecule has 0 aliphatic heterocycles. The average molecular weight is 296 g/mol. The van der Waals surface area contributed by atoms with E-state index in [9.17, 15) is 4.79 Å². The Morgan fingerprint density at radius 1 is 1.53 bits per heavy atom. The first-order valence-electron chi connectivity index (χ1n) is 5.05. The normalized spacial score (nSPS) is 10.2. The summed E-state index contributed by atoms with van der Waals surface area (Å²) in [4.78, 5) is 15.3. The summed E-state index contributed by atoms with van der Waals surface area (Å²) in [6, 6.07) is 7.54. The molecule has 17 heavy (non-hydrogen) atoms. The fourth-order valence-electron chi connectivity index (χ4n) is 1.30. The van der Waals surface area contributed by atoms with Gasteiger partial charge in [-0.15, -0.1) is 5.10 Å². The molecule has 1 heterocycles. The summed E-state index contributed by atoms with van der Waals surface area (Å²) in [7, 11) is 0. The summed E-state index contributed by atoms with van der Waals surface area (Å²) in [5.41, 5.74) is 0.822. The number of ether oxygens (including phenoxy) is 1. The highest BCUT2D eigenvalue weighted by Crippen LogP contribution is 2.14. The van der Waals surface area contributed by atoms with Gasteiger partial charge in [0.05, 0.1) is 12.3 Å². The van der Waals surface area contributed by atoms with E-state index in [1.165, 1.54) is 11.0 Å². The number of aromatic nitrogens is 3. The number of hydrogen-bond acceptors (Lipinski definition) is 4. The van der Waals surface area contributed by atoms with Crippen molar-refractivity contribution in [1.29, 1.82) is 0 Å². The van der Waals surface area contributed by atoms with Crippen LogP contribution in [0.1, 0.15) is 17.5 Å². The topological polar surface area (TPSA) is 57.0 Å². The molecule has 0 spiro atoms. The summed E-state index contributed by atoms with van der Waals surface area (Å²) >= 11 is 3.37.